The second kappa shape index (κ2) is 6.98. The molecule has 19 heavy (non-hydrogen) atoms. The van der Waals surface area contributed by atoms with Gasteiger partial charge < -0.3 is 9.47 Å². The molecule has 2 aliphatic rings. The van der Waals surface area contributed by atoms with E-state index < -0.39 is 0 Å². The lowest BCUT2D eigenvalue weighted by Gasteiger charge is -2.33. The molecular formula is C15H26O3S. The number of carbonyl (C=O) groups is 1. The highest BCUT2D eigenvalue weighted by Gasteiger charge is 2.40. The van der Waals surface area contributed by atoms with Gasteiger partial charge in [0, 0.05) is 11.0 Å². The van der Waals surface area contributed by atoms with Gasteiger partial charge >= 0.3 is 5.97 Å². The molecular weight excluding hydrogens is 260 g/mol. The van der Waals surface area contributed by atoms with E-state index in [4.69, 9.17) is 9.47 Å². The minimum atomic E-state index is -0.115. The summed E-state index contributed by atoms with van der Waals surface area (Å²) in [6.07, 6.45) is 9.87. The summed E-state index contributed by atoms with van der Waals surface area (Å²) in [5.74, 6) is 0.899. The van der Waals surface area contributed by atoms with Crippen LogP contribution in [0, 0.1) is 0 Å². The zero-order chi connectivity index (χ0) is 13.7. The highest BCUT2D eigenvalue weighted by molar-refractivity contribution is 7.99. The molecule has 110 valence electrons. The van der Waals surface area contributed by atoms with Gasteiger partial charge in [-0.1, -0.05) is 26.2 Å². The van der Waals surface area contributed by atoms with Crippen LogP contribution in [0.5, 0.6) is 0 Å². The quantitative estimate of drug-likeness (QED) is 0.724. The van der Waals surface area contributed by atoms with Crippen molar-refractivity contribution in [3.05, 3.63) is 0 Å². The topological polar surface area (TPSA) is 35.5 Å². The number of methoxy groups -OCH3 is 1. The summed E-state index contributed by atoms with van der Waals surface area (Å²) in [5, 5.41) is 0.318. The third kappa shape index (κ3) is 4.38. The molecule has 0 aromatic heterocycles. The number of ether oxygens (including phenoxy) is 2. The van der Waals surface area contributed by atoms with Crippen molar-refractivity contribution >= 4 is 17.7 Å². The SMILES string of the molecule is COC(=O)CC(C)SCC1CCC2(CCCCC2)O1. The van der Waals surface area contributed by atoms with Crippen LogP contribution in [0.1, 0.15) is 58.3 Å². The molecule has 0 radical (unpaired) electrons. The molecule has 2 unspecified atom stereocenters. The van der Waals surface area contributed by atoms with Gasteiger partial charge in [-0.15, -0.1) is 0 Å². The molecule has 1 saturated carbocycles. The Bertz CT molecular complexity index is 300. The van der Waals surface area contributed by atoms with Crippen LogP contribution in [0.25, 0.3) is 0 Å². The Labute approximate surface area is 120 Å². The van der Waals surface area contributed by atoms with Gasteiger partial charge in [0.25, 0.3) is 0 Å². The van der Waals surface area contributed by atoms with E-state index >= 15 is 0 Å². The number of hydrogen-bond acceptors (Lipinski definition) is 4. The van der Waals surface area contributed by atoms with E-state index in [9.17, 15) is 4.79 Å². The van der Waals surface area contributed by atoms with Gasteiger partial charge in [-0.25, -0.2) is 0 Å². The number of esters is 1. The lowest BCUT2D eigenvalue weighted by Crippen LogP contribution is -2.32. The van der Waals surface area contributed by atoms with Crippen molar-refractivity contribution < 1.29 is 14.3 Å². The lowest BCUT2D eigenvalue weighted by molar-refractivity contribution is -0.140. The van der Waals surface area contributed by atoms with Crippen molar-refractivity contribution in [1.29, 1.82) is 0 Å². The average Bonchev–Trinajstić information content (AvgIpc) is 2.80. The maximum Gasteiger partial charge on any atom is 0.306 e. The Balaban J connectivity index is 1.68. The third-order valence-electron chi connectivity index (χ3n) is 4.35. The first-order chi connectivity index (χ1) is 9.13. The zero-order valence-corrected chi connectivity index (χ0v) is 13.0. The predicted molar refractivity (Wildman–Crippen MR) is 78.5 cm³/mol. The van der Waals surface area contributed by atoms with Crippen LogP contribution in [-0.4, -0.2) is 35.8 Å². The van der Waals surface area contributed by atoms with Crippen molar-refractivity contribution in [3.8, 4) is 0 Å². The minimum absolute atomic E-state index is 0.115. The molecule has 0 N–H and O–H groups in total. The van der Waals surface area contributed by atoms with Crippen LogP contribution in [-0.2, 0) is 14.3 Å². The van der Waals surface area contributed by atoms with Gasteiger partial charge in [-0.3, -0.25) is 4.79 Å². The van der Waals surface area contributed by atoms with E-state index in [1.54, 1.807) is 0 Å². The van der Waals surface area contributed by atoms with E-state index in [2.05, 4.69) is 6.92 Å². The van der Waals surface area contributed by atoms with Crippen LogP contribution in [0.2, 0.25) is 0 Å². The standard InChI is InChI=1S/C15H26O3S/c1-12(10-14(16)17-2)19-11-13-6-9-15(18-13)7-4-3-5-8-15/h12-13H,3-11H2,1-2H3. The van der Waals surface area contributed by atoms with Crippen molar-refractivity contribution in [2.45, 2.75) is 75.2 Å². The molecule has 1 aliphatic heterocycles. The fourth-order valence-electron chi connectivity index (χ4n) is 3.23. The van der Waals surface area contributed by atoms with Crippen LogP contribution >= 0.6 is 11.8 Å². The average molecular weight is 286 g/mol. The van der Waals surface area contributed by atoms with Crippen molar-refractivity contribution in [1.82, 2.24) is 0 Å². The molecule has 0 aromatic carbocycles. The minimum Gasteiger partial charge on any atom is -0.469 e. The Hall–Kier alpha value is -0.220. The van der Waals surface area contributed by atoms with Gasteiger partial charge in [-0.2, -0.15) is 11.8 Å². The summed E-state index contributed by atoms with van der Waals surface area (Å²) >= 11 is 1.84. The van der Waals surface area contributed by atoms with Gasteiger partial charge in [-0.05, 0) is 25.7 Å². The van der Waals surface area contributed by atoms with E-state index in [0.29, 0.717) is 17.8 Å². The molecule has 3 nitrogen and oxygen atoms in total. The van der Waals surface area contributed by atoms with Crippen LogP contribution in [0.3, 0.4) is 0 Å². The molecule has 0 amide bonds. The second-order valence-electron chi connectivity index (χ2n) is 5.95. The summed E-state index contributed by atoms with van der Waals surface area (Å²) in [4.78, 5) is 11.2. The van der Waals surface area contributed by atoms with E-state index in [-0.39, 0.29) is 11.6 Å². The highest BCUT2D eigenvalue weighted by atomic mass is 32.2. The second-order valence-corrected chi connectivity index (χ2v) is 7.42. The molecule has 1 spiro atoms. The van der Waals surface area contributed by atoms with Crippen molar-refractivity contribution in [2.24, 2.45) is 0 Å². The van der Waals surface area contributed by atoms with E-state index in [1.807, 2.05) is 11.8 Å². The summed E-state index contributed by atoms with van der Waals surface area (Å²) in [6.45, 7) is 2.09. The Kier molecular flexibility index (Phi) is 5.58. The van der Waals surface area contributed by atoms with Gasteiger partial charge in [0.2, 0.25) is 0 Å². The highest BCUT2D eigenvalue weighted by Crippen LogP contribution is 2.42. The fourth-order valence-corrected chi connectivity index (χ4v) is 4.26. The Morgan fingerprint density at radius 2 is 2.11 bits per heavy atom. The number of carbonyl (C=O) groups excluding carboxylic acids is 1. The maximum atomic E-state index is 11.2. The summed E-state index contributed by atoms with van der Waals surface area (Å²) in [5.41, 5.74) is 0.217. The number of thioether (sulfide) groups is 1. The molecule has 1 heterocycles. The van der Waals surface area contributed by atoms with Gasteiger partial charge in [0.1, 0.15) is 0 Å². The van der Waals surface area contributed by atoms with E-state index in [0.717, 1.165) is 5.75 Å². The maximum absolute atomic E-state index is 11.2. The third-order valence-corrected chi connectivity index (χ3v) is 5.65. The molecule has 4 heteroatoms. The fraction of sp³-hybridized carbons (Fsp3) is 0.933. The summed E-state index contributed by atoms with van der Waals surface area (Å²) in [6, 6.07) is 0. The lowest BCUT2D eigenvalue weighted by atomic mass is 9.83. The molecule has 2 fully saturated rings. The Morgan fingerprint density at radius 3 is 2.79 bits per heavy atom. The van der Waals surface area contributed by atoms with Gasteiger partial charge in [0.15, 0.2) is 0 Å². The first-order valence-electron chi connectivity index (χ1n) is 7.50. The first kappa shape index (κ1) is 15.2. The Morgan fingerprint density at radius 1 is 1.37 bits per heavy atom. The molecule has 1 aliphatic carbocycles. The largest absolute Gasteiger partial charge is 0.469 e. The molecule has 0 aromatic rings. The predicted octanol–water partition coefficient (Wildman–Crippen LogP) is 3.55. The molecule has 1 saturated heterocycles. The normalized spacial score (nSPS) is 27.4. The first-order valence-corrected chi connectivity index (χ1v) is 8.55. The van der Waals surface area contributed by atoms with E-state index in [1.165, 1.54) is 52.1 Å². The number of hydrogen-bond donors (Lipinski definition) is 0. The molecule has 2 rings (SSSR count). The van der Waals surface area contributed by atoms with Gasteiger partial charge in [0.05, 0.1) is 25.2 Å². The monoisotopic (exact) mass is 286 g/mol. The van der Waals surface area contributed by atoms with Crippen LogP contribution in [0.15, 0.2) is 0 Å². The summed E-state index contributed by atoms with van der Waals surface area (Å²) < 4.78 is 11.0. The summed E-state index contributed by atoms with van der Waals surface area (Å²) in [7, 11) is 1.45. The smallest absolute Gasteiger partial charge is 0.306 e. The molecule has 2 atom stereocenters. The number of rotatable bonds is 5. The van der Waals surface area contributed by atoms with Crippen LogP contribution in [0.4, 0.5) is 0 Å². The zero-order valence-electron chi connectivity index (χ0n) is 12.2. The van der Waals surface area contributed by atoms with Crippen LogP contribution < -0.4 is 0 Å². The van der Waals surface area contributed by atoms with Crippen molar-refractivity contribution in [2.75, 3.05) is 12.9 Å². The van der Waals surface area contributed by atoms with Crippen molar-refractivity contribution in [3.63, 3.8) is 0 Å². The molecule has 0 bridgehead atoms.